The van der Waals surface area contributed by atoms with E-state index >= 15 is 0 Å². The number of H-pyrrole nitrogens is 1. The summed E-state index contributed by atoms with van der Waals surface area (Å²) in [4.78, 5) is 67.8. The Morgan fingerprint density at radius 1 is 1.00 bits per heavy atom. The number of rotatable bonds is 13. The van der Waals surface area contributed by atoms with Crippen LogP contribution in [0.3, 0.4) is 0 Å². The first kappa shape index (κ1) is 31.0. The van der Waals surface area contributed by atoms with Gasteiger partial charge in [-0.3, -0.25) is 19.2 Å². The van der Waals surface area contributed by atoms with Crippen molar-refractivity contribution in [2.24, 2.45) is 11.5 Å². The van der Waals surface area contributed by atoms with Gasteiger partial charge in [0.25, 0.3) is 0 Å². The monoisotopic (exact) mass is 592 g/mol. The number of benzene rings is 2. The van der Waals surface area contributed by atoms with Crippen LogP contribution in [0.1, 0.15) is 36.8 Å². The van der Waals surface area contributed by atoms with Gasteiger partial charge in [-0.2, -0.15) is 0 Å². The van der Waals surface area contributed by atoms with Crippen LogP contribution >= 0.6 is 0 Å². The van der Waals surface area contributed by atoms with Gasteiger partial charge < -0.3 is 42.2 Å². The first-order chi connectivity index (χ1) is 20.5. The summed E-state index contributed by atoms with van der Waals surface area (Å²) >= 11 is 0. The Labute approximate surface area is 247 Å². The summed E-state index contributed by atoms with van der Waals surface area (Å²) in [6, 6.07) is 9.42. The summed E-state index contributed by atoms with van der Waals surface area (Å²) < 4.78 is 0. The highest BCUT2D eigenvalue weighted by atomic mass is 16.4. The van der Waals surface area contributed by atoms with E-state index in [1.165, 1.54) is 17.0 Å². The van der Waals surface area contributed by atoms with Crippen molar-refractivity contribution in [3.8, 4) is 5.75 Å². The second kappa shape index (κ2) is 13.8. The van der Waals surface area contributed by atoms with Crippen LogP contribution in [0.5, 0.6) is 5.75 Å². The first-order valence-electron chi connectivity index (χ1n) is 14.0. The molecule has 1 saturated heterocycles. The van der Waals surface area contributed by atoms with Gasteiger partial charge in [-0.15, -0.1) is 0 Å². The van der Waals surface area contributed by atoms with Crippen molar-refractivity contribution in [3.63, 3.8) is 0 Å². The average molecular weight is 593 g/mol. The quantitative estimate of drug-likeness (QED) is 0.146. The van der Waals surface area contributed by atoms with Gasteiger partial charge in [-0.05, 0) is 55.0 Å². The molecule has 4 atom stereocenters. The molecule has 2 aromatic carbocycles. The lowest BCUT2D eigenvalue weighted by Gasteiger charge is -2.30. The molecule has 4 rings (SSSR count). The number of nitrogens with zero attached hydrogens (tertiary/aromatic N) is 1. The Bertz CT molecular complexity index is 1490. The number of amides is 4. The van der Waals surface area contributed by atoms with Gasteiger partial charge in [0.1, 0.15) is 23.9 Å². The summed E-state index contributed by atoms with van der Waals surface area (Å²) in [7, 11) is 0. The molecule has 13 nitrogen and oxygen atoms in total. The van der Waals surface area contributed by atoms with Gasteiger partial charge in [-0.25, -0.2) is 4.79 Å². The Morgan fingerprint density at radius 2 is 1.72 bits per heavy atom. The summed E-state index contributed by atoms with van der Waals surface area (Å²) in [5.41, 5.74) is 13.7. The van der Waals surface area contributed by atoms with Crippen molar-refractivity contribution >= 4 is 40.5 Å². The van der Waals surface area contributed by atoms with Crippen LogP contribution in [0.25, 0.3) is 10.9 Å². The summed E-state index contributed by atoms with van der Waals surface area (Å²) in [6.45, 7) is 0.232. The van der Waals surface area contributed by atoms with E-state index < -0.39 is 53.8 Å². The number of hydrogen-bond donors (Lipinski definition) is 7. The third kappa shape index (κ3) is 7.89. The molecule has 1 aliphatic heterocycles. The van der Waals surface area contributed by atoms with Crippen molar-refractivity contribution in [1.29, 1.82) is 0 Å². The number of primary amides is 1. The Hall–Kier alpha value is -4.91. The predicted octanol–water partition coefficient (Wildman–Crippen LogP) is 0.297. The molecule has 1 fully saturated rings. The number of likely N-dealkylation sites (tertiary alicyclic amines) is 1. The molecule has 0 aliphatic carbocycles. The minimum atomic E-state index is -1.35. The van der Waals surface area contributed by atoms with E-state index in [0.717, 1.165) is 22.0 Å². The van der Waals surface area contributed by atoms with Crippen molar-refractivity contribution in [3.05, 3.63) is 65.9 Å². The fourth-order valence-electron chi connectivity index (χ4n) is 5.29. The number of aromatic nitrogens is 1. The maximum atomic E-state index is 14.0. The lowest BCUT2D eigenvalue weighted by Crippen LogP contribution is -2.57. The van der Waals surface area contributed by atoms with Gasteiger partial charge in [-0.1, -0.05) is 30.3 Å². The normalized spacial score (nSPS) is 16.8. The molecule has 0 spiro atoms. The van der Waals surface area contributed by atoms with Crippen LogP contribution in [0.2, 0.25) is 0 Å². The lowest BCUT2D eigenvalue weighted by atomic mass is 10.0. The minimum Gasteiger partial charge on any atom is -0.508 e. The zero-order chi connectivity index (χ0) is 31.1. The fraction of sp³-hybridized carbons (Fsp3) is 0.367. The largest absolute Gasteiger partial charge is 0.508 e. The number of nitrogens with one attached hydrogen (secondary N) is 3. The van der Waals surface area contributed by atoms with E-state index in [-0.39, 0.29) is 38.0 Å². The zero-order valence-electron chi connectivity index (χ0n) is 23.5. The standard InChI is InChI=1S/C30H36N6O7/c31-21(14-17-7-9-19(37)10-8-17)27(39)35-24(15-18-16-33-22-5-2-1-4-20(18)22)29(41)36-13-3-6-25(36)28(40)34-23(30(42)43)11-12-26(32)38/h1-2,4-5,7-10,16,21,23-25,33,37H,3,6,11-15,31H2,(H2,32,38)(H,34,40)(H,35,39)(H,42,43). The SMILES string of the molecule is NC(=O)CCC(NC(=O)C1CCCN1C(=O)C(Cc1c[nH]c2ccccc12)NC(=O)C(N)Cc1ccc(O)cc1)C(=O)O. The van der Waals surface area contributed by atoms with E-state index in [4.69, 9.17) is 11.5 Å². The van der Waals surface area contributed by atoms with Gasteiger partial charge in [0.05, 0.1) is 6.04 Å². The third-order valence-electron chi connectivity index (χ3n) is 7.57. The van der Waals surface area contributed by atoms with Crippen molar-refractivity contribution < 1.29 is 34.2 Å². The zero-order valence-corrected chi connectivity index (χ0v) is 23.5. The van der Waals surface area contributed by atoms with E-state index in [0.29, 0.717) is 12.8 Å². The maximum absolute atomic E-state index is 14.0. The molecule has 1 aromatic heterocycles. The molecule has 2 heterocycles. The number of carboxylic acids is 1. The van der Waals surface area contributed by atoms with Crippen LogP contribution in [-0.2, 0) is 36.8 Å². The Balaban J connectivity index is 1.53. The van der Waals surface area contributed by atoms with E-state index in [2.05, 4.69) is 15.6 Å². The van der Waals surface area contributed by atoms with Crippen molar-refractivity contribution in [2.75, 3.05) is 6.54 Å². The number of aliphatic carboxylic acids is 1. The topological polar surface area (TPSA) is 221 Å². The van der Waals surface area contributed by atoms with E-state index in [1.54, 1.807) is 18.3 Å². The predicted molar refractivity (Wildman–Crippen MR) is 156 cm³/mol. The fourth-order valence-corrected chi connectivity index (χ4v) is 5.29. The van der Waals surface area contributed by atoms with Crippen LogP contribution in [-0.4, -0.2) is 80.4 Å². The number of phenols is 1. The second-order valence-corrected chi connectivity index (χ2v) is 10.7. The molecular formula is C30H36N6O7. The molecule has 4 unspecified atom stereocenters. The average Bonchev–Trinajstić information content (AvgIpc) is 3.63. The lowest BCUT2D eigenvalue weighted by molar-refractivity contribution is -0.145. The number of aromatic hydroxyl groups is 1. The molecule has 0 radical (unpaired) electrons. The molecule has 13 heteroatoms. The van der Waals surface area contributed by atoms with E-state index in [9.17, 15) is 34.2 Å². The number of carbonyl (C=O) groups is 5. The number of fused-ring (bicyclic) bond motifs is 1. The molecule has 43 heavy (non-hydrogen) atoms. The maximum Gasteiger partial charge on any atom is 0.326 e. The summed E-state index contributed by atoms with van der Waals surface area (Å²) in [6.07, 6.45) is 2.42. The van der Waals surface area contributed by atoms with Crippen molar-refractivity contribution in [1.82, 2.24) is 20.5 Å². The van der Waals surface area contributed by atoms with Gasteiger partial charge in [0.2, 0.25) is 23.6 Å². The van der Waals surface area contributed by atoms with Gasteiger partial charge >= 0.3 is 5.97 Å². The number of carboxylic acid groups (broad SMARTS) is 1. The molecule has 1 aliphatic rings. The van der Waals surface area contributed by atoms with Crippen LogP contribution in [0.4, 0.5) is 0 Å². The third-order valence-corrected chi connectivity index (χ3v) is 7.57. The smallest absolute Gasteiger partial charge is 0.326 e. The second-order valence-electron chi connectivity index (χ2n) is 10.7. The number of para-hydroxylation sites is 1. The highest BCUT2D eigenvalue weighted by molar-refractivity contribution is 5.95. The van der Waals surface area contributed by atoms with Crippen LogP contribution in [0.15, 0.2) is 54.7 Å². The summed E-state index contributed by atoms with van der Waals surface area (Å²) in [5.74, 6) is -3.67. The minimum absolute atomic E-state index is 0.0814. The molecule has 228 valence electrons. The molecule has 9 N–H and O–H groups in total. The Kier molecular flexibility index (Phi) is 9.99. The van der Waals surface area contributed by atoms with Crippen LogP contribution in [0, 0.1) is 0 Å². The van der Waals surface area contributed by atoms with Crippen LogP contribution < -0.4 is 22.1 Å². The summed E-state index contributed by atoms with van der Waals surface area (Å²) in [5, 5.41) is 25.1. The number of carbonyl (C=O) groups excluding carboxylic acids is 4. The number of aromatic amines is 1. The first-order valence-corrected chi connectivity index (χ1v) is 14.0. The number of hydrogen-bond acceptors (Lipinski definition) is 7. The number of phenolic OH excluding ortho intramolecular Hbond substituents is 1. The Morgan fingerprint density at radius 3 is 2.42 bits per heavy atom. The molecule has 4 amide bonds. The van der Waals surface area contributed by atoms with E-state index in [1.807, 2.05) is 24.3 Å². The molecule has 0 bridgehead atoms. The van der Waals surface area contributed by atoms with Crippen molar-refractivity contribution in [2.45, 2.75) is 62.7 Å². The number of nitrogens with two attached hydrogens (primary N) is 2. The molecule has 0 saturated carbocycles. The molecule has 3 aromatic rings. The highest BCUT2D eigenvalue weighted by Crippen LogP contribution is 2.23. The van der Waals surface area contributed by atoms with Gasteiger partial charge in [0.15, 0.2) is 0 Å². The molecular weight excluding hydrogens is 556 g/mol. The van der Waals surface area contributed by atoms with Gasteiger partial charge in [0, 0.05) is 36.5 Å². The highest BCUT2D eigenvalue weighted by Gasteiger charge is 2.39.